The van der Waals surface area contributed by atoms with Gasteiger partial charge in [-0.15, -0.1) is 0 Å². The molecule has 2 amide bonds. The second kappa shape index (κ2) is 12.3. The first-order chi connectivity index (χ1) is 19.6. The van der Waals surface area contributed by atoms with Crippen LogP contribution in [-0.2, 0) is 20.4 Å². The lowest BCUT2D eigenvalue weighted by Gasteiger charge is -2.48. The lowest BCUT2D eigenvalue weighted by Crippen LogP contribution is -2.56. The lowest BCUT2D eigenvalue weighted by molar-refractivity contribution is -0.155. The van der Waals surface area contributed by atoms with Crippen molar-refractivity contribution < 1.29 is 32.8 Å². The van der Waals surface area contributed by atoms with Crippen LogP contribution < -0.4 is 10.1 Å². The largest absolute Gasteiger partial charge is 0.496 e. The molecule has 4 rings (SSSR count). The van der Waals surface area contributed by atoms with E-state index >= 15 is 0 Å². The third-order valence-electron chi connectivity index (χ3n) is 8.18. The highest BCUT2D eigenvalue weighted by Crippen LogP contribution is 2.48. The molecule has 2 aromatic rings. The second-order valence-corrected chi connectivity index (χ2v) is 15.1. The number of halogens is 2. The van der Waals surface area contributed by atoms with Crippen LogP contribution in [0.1, 0.15) is 81.8 Å². The summed E-state index contributed by atoms with van der Waals surface area (Å²) in [6.45, 7) is 7.48. The van der Waals surface area contributed by atoms with Crippen LogP contribution in [0.4, 0.5) is 10.1 Å². The summed E-state index contributed by atoms with van der Waals surface area (Å²) in [5.41, 5.74) is -0.136. The zero-order chi connectivity index (χ0) is 31.0. The summed E-state index contributed by atoms with van der Waals surface area (Å²) in [4.78, 5) is 40.9. The van der Waals surface area contributed by atoms with E-state index in [-0.39, 0.29) is 40.6 Å². The summed E-state index contributed by atoms with van der Waals surface area (Å²) in [5.74, 6) is -1.79. The fourth-order valence-corrected chi connectivity index (χ4v) is 6.94. The maximum Gasteiger partial charge on any atom is 0.339 e. The molecule has 2 aliphatic rings. The van der Waals surface area contributed by atoms with Gasteiger partial charge >= 0.3 is 5.97 Å². The van der Waals surface area contributed by atoms with Crippen molar-refractivity contribution in [3.63, 3.8) is 0 Å². The van der Waals surface area contributed by atoms with Gasteiger partial charge in [0.2, 0.25) is 11.8 Å². The topological polar surface area (TPSA) is 113 Å². The fraction of sp³-hybridized carbons (Fsp3) is 0.516. The molecule has 0 spiro atoms. The van der Waals surface area contributed by atoms with Crippen LogP contribution in [0.3, 0.4) is 0 Å². The van der Waals surface area contributed by atoms with Crippen molar-refractivity contribution in [3.05, 3.63) is 58.4 Å². The Morgan fingerprint density at radius 2 is 1.90 bits per heavy atom. The van der Waals surface area contributed by atoms with Gasteiger partial charge in [-0.1, -0.05) is 24.6 Å². The van der Waals surface area contributed by atoms with Gasteiger partial charge in [0.15, 0.2) is 0 Å². The van der Waals surface area contributed by atoms with E-state index in [1.54, 1.807) is 17.9 Å². The number of anilines is 1. The average molecular weight is 621 g/mol. The van der Waals surface area contributed by atoms with Gasteiger partial charge in [-0.05, 0) is 82.2 Å². The Balaban J connectivity index is 1.63. The van der Waals surface area contributed by atoms with Crippen LogP contribution in [-0.4, -0.2) is 55.7 Å². The molecule has 4 atom stereocenters. The molecule has 2 aromatic carbocycles. The smallest absolute Gasteiger partial charge is 0.339 e. The predicted molar refractivity (Wildman–Crippen MR) is 161 cm³/mol. The van der Waals surface area contributed by atoms with Crippen molar-refractivity contribution >= 4 is 45.9 Å². The average Bonchev–Trinajstić information content (AvgIpc) is 3.75. The third-order valence-corrected chi connectivity index (χ3v) is 10.5. The molecular formula is C31H38ClFN2O6S. The number of nitrogens with one attached hydrogen (secondary N) is 1. The first-order valence-corrected chi connectivity index (χ1v) is 15.7. The van der Waals surface area contributed by atoms with Crippen molar-refractivity contribution in [2.45, 2.75) is 76.6 Å². The van der Waals surface area contributed by atoms with Gasteiger partial charge in [0.1, 0.15) is 17.1 Å². The molecule has 3 unspecified atom stereocenters. The number of piperidine rings is 1. The molecule has 2 N–H and O–H groups in total. The summed E-state index contributed by atoms with van der Waals surface area (Å²) in [6.07, 6.45) is 2.56. The molecule has 1 saturated heterocycles. The number of benzene rings is 2. The molecule has 1 aliphatic carbocycles. The van der Waals surface area contributed by atoms with Crippen LogP contribution in [0.15, 0.2) is 36.4 Å². The quantitative estimate of drug-likeness (QED) is 0.327. The van der Waals surface area contributed by atoms with Crippen molar-refractivity contribution in [1.82, 2.24) is 4.90 Å². The Kier molecular flexibility index (Phi) is 9.37. The Morgan fingerprint density at radius 3 is 2.48 bits per heavy atom. The SMILES string of the molecule is COc1cc(NC(=O)C[C@@]2(C)CCC(c3ccc(Cl)c(F)c3)N(C(CS(=O)C(C)(C)C)C3CC3)C2=O)ccc1C(=O)O. The Hall–Kier alpha value is -2.98. The van der Waals surface area contributed by atoms with E-state index in [9.17, 15) is 28.1 Å². The number of rotatable bonds is 10. The monoisotopic (exact) mass is 620 g/mol. The van der Waals surface area contributed by atoms with E-state index < -0.39 is 44.7 Å². The van der Waals surface area contributed by atoms with E-state index in [1.165, 1.54) is 37.4 Å². The molecule has 1 heterocycles. The Bertz CT molecular complexity index is 1410. The van der Waals surface area contributed by atoms with Gasteiger partial charge in [0.05, 0.1) is 23.6 Å². The van der Waals surface area contributed by atoms with Crippen molar-refractivity contribution in [3.8, 4) is 5.75 Å². The van der Waals surface area contributed by atoms with Gasteiger partial charge in [-0.2, -0.15) is 0 Å². The molecule has 0 radical (unpaired) electrons. The van der Waals surface area contributed by atoms with Gasteiger partial charge in [-0.25, -0.2) is 9.18 Å². The standard InChI is InChI=1S/C31H38ClFN2O6S/c1-30(2,3)42(40)17-25(18-6-7-18)35-24(19-8-11-22(32)23(33)14-19)12-13-31(4,29(35)39)16-27(36)34-20-9-10-21(28(37)38)26(15-20)41-5/h8-11,14-15,18,24-25H,6-7,12-13,16-17H2,1-5H3,(H,34,36)(H,37,38)/t24?,25?,31-,42?/m1/s1. The van der Waals surface area contributed by atoms with Gasteiger partial charge < -0.3 is 20.1 Å². The van der Waals surface area contributed by atoms with Crippen LogP contribution in [0.2, 0.25) is 5.02 Å². The van der Waals surface area contributed by atoms with Crippen molar-refractivity contribution in [1.29, 1.82) is 0 Å². The van der Waals surface area contributed by atoms with E-state index in [0.29, 0.717) is 29.8 Å². The highest BCUT2D eigenvalue weighted by atomic mass is 35.5. The van der Waals surface area contributed by atoms with Gasteiger partial charge in [0.25, 0.3) is 0 Å². The second-order valence-electron chi connectivity index (χ2n) is 12.5. The molecule has 0 aromatic heterocycles. The van der Waals surface area contributed by atoms with E-state index in [4.69, 9.17) is 16.3 Å². The maximum atomic E-state index is 14.6. The van der Waals surface area contributed by atoms with Gasteiger partial charge in [-0.3, -0.25) is 13.8 Å². The number of carbonyl (C=O) groups is 3. The predicted octanol–water partition coefficient (Wildman–Crippen LogP) is 6.21. The highest BCUT2D eigenvalue weighted by Gasteiger charge is 2.51. The number of methoxy groups -OCH3 is 1. The van der Waals surface area contributed by atoms with E-state index in [1.807, 2.05) is 20.8 Å². The zero-order valence-electron chi connectivity index (χ0n) is 24.5. The van der Waals surface area contributed by atoms with Crippen LogP contribution >= 0.6 is 11.6 Å². The Morgan fingerprint density at radius 1 is 1.21 bits per heavy atom. The summed E-state index contributed by atoms with van der Waals surface area (Å²) in [5, 5.41) is 12.1. The minimum Gasteiger partial charge on any atom is -0.496 e. The third kappa shape index (κ3) is 6.97. The first-order valence-electron chi connectivity index (χ1n) is 14.0. The molecule has 2 fully saturated rings. The number of amides is 2. The van der Waals surface area contributed by atoms with Crippen LogP contribution in [0.25, 0.3) is 0 Å². The van der Waals surface area contributed by atoms with Crippen molar-refractivity contribution in [2.75, 3.05) is 18.2 Å². The summed E-state index contributed by atoms with van der Waals surface area (Å²) in [7, 11) is 0.106. The molecular weight excluding hydrogens is 583 g/mol. The summed E-state index contributed by atoms with van der Waals surface area (Å²) >= 11 is 5.96. The van der Waals surface area contributed by atoms with Crippen LogP contribution in [0.5, 0.6) is 5.75 Å². The summed E-state index contributed by atoms with van der Waals surface area (Å²) in [6, 6.07) is 8.04. The number of nitrogens with zero attached hydrogens (tertiary/aromatic N) is 1. The number of carbonyl (C=O) groups excluding carboxylic acids is 2. The van der Waals surface area contributed by atoms with Crippen molar-refractivity contribution in [2.24, 2.45) is 11.3 Å². The van der Waals surface area contributed by atoms with Crippen LogP contribution in [0, 0.1) is 17.2 Å². The number of aromatic carboxylic acids is 1. The molecule has 228 valence electrons. The molecule has 1 aliphatic heterocycles. The molecule has 8 nitrogen and oxygen atoms in total. The minimum absolute atomic E-state index is 0.00505. The zero-order valence-corrected chi connectivity index (χ0v) is 26.1. The molecule has 0 bridgehead atoms. The summed E-state index contributed by atoms with van der Waals surface area (Å²) < 4.78 is 32.6. The lowest BCUT2D eigenvalue weighted by atomic mass is 9.74. The Labute approximate surface area is 253 Å². The maximum absolute atomic E-state index is 14.6. The first kappa shape index (κ1) is 31.9. The number of hydrogen-bond acceptors (Lipinski definition) is 5. The number of hydrogen-bond donors (Lipinski definition) is 2. The molecule has 1 saturated carbocycles. The van der Waals surface area contributed by atoms with E-state index in [2.05, 4.69) is 5.32 Å². The molecule has 11 heteroatoms. The minimum atomic E-state index is -1.24. The fourth-order valence-electron chi connectivity index (χ4n) is 5.58. The highest BCUT2D eigenvalue weighted by molar-refractivity contribution is 7.86. The number of carboxylic acids is 1. The number of ether oxygens (including phenoxy) is 1. The van der Waals surface area contributed by atoms with E-state index in [0.717, 1.165) is 12.8 Å². The number of likely N-dealkylation sites (tertiary alicyclic amines) is 1. The van der Waals surface area contributed by atoms with Gasteiger partial charge in [0, 0.05) is 45.5 Å². The normalized spacial score (nSPS) is 22.4. The number of carboxylic acid groups (broad SMARTS) is 1. The molecule has 42 heavy (non-hydrogen) atoms.